The Morgan fingerprint density at radius 2 is 2.23 bits per heavy atom. The highest BCUT2D eigenvalue weighted by atomic mass is 16.6. The maximum Gasteiger partial charge on any atom is 0.155 e. The van der Waals surface area contributed by atoms with Crippen molar-refractivity contribution in [1.82, 2.24) is 0 Å². The Bertz CT molecular complexity index is 200. The molecule has 3 nitrogen and oxygen atoms in total. The Kier molecular flexibility index (Phi) is 3.33. The molecule has 1 heterocycles. The van der Waals surface area contributed by atoms with Crippen LogP contribution in [0.3, 0.4) is 0 Å². The van der Waals surface area contributed by atoms with Gasteiger partial charge in [0.15, 0.2) is 6.29 Å². The molecule has 1 saturated heterocycles. The fourth-order valence-electron chi connectivity index (χ4n) is 1.87. The molecule has 1 rings (SSSR count). The zero-order valence-electron chi connectivity index (χ0n) is 8.40. The van der Waals surface area contributed by atoms with E-state index in [0.29, 0.717) is 18.1 Å². The molecular formula is C10H18O3. The lowest BCUT2D eigenvalue weighted by Crippen LogP contribution is -2.24. The van der Waals surface area contributed by atoms with Crippen LogP contribution in [0.2, 0.25) is 0 Å². The summed E-state index contributed by atoms with van der Waals surface area (Å²) in [6.07, 6.45) is 1.61. The van der Waals surface area contributed by atoms with Gasteiger partial charge in [0.25, 0.3) is 0 Å². The molecule has 0 aromatic rings. The predicted octanol–water partition coefficient (Wildman–Crippen LogP) is 1.83. The topological polar surface area (TPSA) is 49.7 Å². The van der Waals surface area contributed by atoms with E-state index >= 15 is 0 Å². The van der Waals surface area contributed by atoms with E-state index in [4.69, 9.17) is 4.74 Å². The van der Waals surface area contributed by atoms with Gasteiger partial charge < -0.3 is 14.9 Å². The largest absolute Gasteiger partial charge is 0.512 e. The first-order valence-electron chi connectivity index (χ1n) is 4.75. The van der Waals surface area contributed by atoms with E-state index < -0.39 is 6.29 Å². The van der Waals surface area contributed by atoms with Gasteiger partial charge in [0.05, 0.1) is 11.9 Å². The van der Waals surface area contributed by atoms with Crippen LogP contribution in [0.25, 0.3) is 0 Å². The lowest BCUT2D eigenvalue weighted by atomic mass is 9.92. The molecule has 4 atom stereocenters. The van der Waals surface area contributed by atoms with Crippen molar-refractivity contribution in [1.29, 1.82) is 0 Å². The van der Waals surface area contributed by atoms with Crippen molar-refractivity contribution in [2.24, 2.45) is 11.8 Å². The second-order valence-corrected chi connectivity index (χ2v) is 3.77. The van der Waals surface area contributed by atoms with Crippen LogP contribution < -0.4 is 0 Å². The number of ether oxygens (including phenoxy) is 1. The quantitative estimate of drug-likeness (QED) is 0.647. The van der Waals surface area contributed by atoms with Crippen LogP contribution in [0.5, 0.6) is 0 Å². The number of hydrogen-bond acceptors (Lipinski definition) is 3. The van der Waals surface area contributed by atoms with Gasteiger partial charge in [0.1, 0.15) is 0 Å². The molecule has 0 aromatic heterocycles. The minimum absolute atomic E-state index is 0.0304. The Morgan fingerprint density at radius 1 is 1.62 bits per heavy atom. The molecule has 0 saturated carbocycles. The summed E-state index contributed by atoms with van der Waals surface area (Å²) < 4.78 is 5.31. The van der Waals surface area contributed by atoms with Crippen LogP contribution in [-0.4, -0.2) is 22.6 Å². The molecule has 3 heteroatoms. The number of aliphatic hydroxyl groups excluding tert-OH is 2. The zero-order valence-corrected chi connectivity index (χ0v) is 8.40. The fourth-order valence-corrected chi connectivity index (χ4v) is 1.87. The molecule has 2 N–H and O–H groups in total. The predicted molar refractivity (Wildman–Crippen MR) is 50.2 cm³/mol. The number of rotatable bonds is 2. The van der Waals surface area contributed by atoms with Crippen molar-refractivity contribution in [2.45, 2.75) is 39.6 Å². The van der Waals surface area contributed by atoms with Gasteiger partial charge in [-0.2, -0.15) is 0 Å². The molecule has 4 unspecified atom stereocenters. The summed E-state index contributed by atoms with van der Waals surface area (Å²) in [4.78, 5) is 0. The summed E-state index contributed by atoms with van der Waals surface area (Å²) in [7, 11) is 0. The third-order valence-corrected chi connectivity index (χ3v) is 2.70. The maximum absolute atomic E-state index is 9.49. The third-order valence-electron chi connectivity index (χ3n) is 2.70. The van der Waals surface area contributed by atoms with Crippen molar-refractivity contribution < 1.29 is 14.9 Å². The van der Waals surface area contributed by atoms with Gasteiger partial charge in [-0.25, -0.2) is 0 Å². The molecule has 1 fully saturated rings. The van der Waals surface area contributed by atoms with E-state index in [9.17, 15) is 10.2 Å². The SMILES string of the molecule is CC=C(O)C(C)C1OC(O)CC1C. The molecular weight excluding hydrogens is 168 g/mol. The van der Waals surface area contributed by atoms with Crippen LogP contribution in [-0.2, 0) is 4.74 Å². The van der Waals surface area contributed by atoms with Crippen LogP contribution in [0.4, 0.5) is 0 Å². The third kappa shape index (κ3) is 2.23. The highest BCUT2D eigenvalue weighted by molar-refractivity contribution is 4.98. The van der Waals surface area contributed by atoms with Gasteiger partial charge in [-0.1, -0.05) is 13.8 Å². The number of hydrogen-bond donors (Lipinski definition) is 2. The average Bonchev–Trinajstić information content (AvgIpc) is 2.42. The van der Waals surface area contributed by atoms with Gasteiger partial charge in [-0.3, -0.25) is 0 Å². The fraction of sp³-hybridized carbons (Fsp3) is 0.800. The molecule has 76 valence electrons. The zero-order chi connectivity index (χ0) is 10.0. The highest BCUT2D eigenvalue weighted by Gasteiger charge is 2.35. The molecule has 0 aliphatic carbocycles. The molecule has 0 radical (unpaired) electrons. The lowest BCUT2D eigenvalue weighted by Gasteiger charge is -2.21. The molecule has 0 aromatic carbocycles. The maximum atomic E-state index is 9.49. The molecule has 1 aliphatic heterocycles. The first kappa shape index (κ1) is 10.5. The second kappa shape index (κ2) is 4.11. The summed E-state index contributed by atoms with van der Waals surface area (Å²) in [6.45, 7) is 5.73. The van der Waals surface area contributed by atoms with Crippen molar-refractivity contribution in [3.8, 4) is 0 Å². The average molecular weight is 186 g/mol. The van der Waals surface area contributed by atoms with Crippen molar-refractivity contribution >= 4 is 0 Å². The Morgan fingerprint density at radius 3 is 2.62 bits per heavy atom. The van der Waals surface area contributed by atoms with Gasteiger partial charge >= 0.3 is 0 Å². The summed E-state index contributed by atoms with van der Waals surface area (Å²) in [5.74, 6) is 0.607. The van der Waals surface area contributed by atoms with Crippen LogP contribution in [0, 0.1) is 11.8 Å². The lowest BCUT2D eigenvalue weighted by molar-refractivity contribution is -0.104. The van der Waals surface area contributed by atoms with E-state index in [1.54, 1.807) is 13.0 Å². The van der Waals surface area contributed by atoms with Crippen LogP contribution in [0.1, 0.15) is 27.2 Å². The first-order valence-corrected chi connectivity index (χ1v) is 4.75. The van der Waals surface area contributed by atoms with E-state index in [1.165, 1.54) is 0 Å². The molecule has 0 bridgehead atoms. The summed E-state index contributed by atoms with van der Waals surface area (Å²) in [5, 5.41) is 18.7. The first-order chi connectivity index (χ1) is 6.06. The van der Waals surface area contributed by atoms with E-state index in [-0.39, 0.29) is 12.0 Å². The minimum atomic E-state index is -0.660. The minimum Gasteiger partial charge on any atom is -0.512 e. The number of aliphatic hydroxyl groups is 2. The van der Waals surface area contributed by atoms with Crippen molar-refractivity contribution in [3.63, 3.8) is 0 Å². The summed E-state index contributed by atoms with van der Waals surface area (Å²) >= 11 is 0. The van der Waals surface area contributed by atoms with Gasteiger partial charge in [0.2, 0.25) is 0 Å². The second-order valence-electron chi connectivity index (χ2n) is 3.77. The van der Waals surface area contributed by atoms with E-state index in [1.807, 2.05) is 13.8 Å². The molecule has 1 aliphatic rings. The van der Waals surface area contributed by atoms with E-state index in [0.717, 1.165) is 0 Å². The van der Waals surface area contributed by atoms with Gasteiger partial charge in [0, 0.05) is 12.3 Å². The monoisotopic (exact) mass is 186 g/mol. The highest BCUT2D eigenvalue weighted by Crippen LogP contribution is 2.32. The molecule has 0 amide bonds. The summed E-state index contributed by atoms with van der Waals surface area (Å²) in [5.41, 5.74) is 0. The van der Waals surface area contributed by atoms with Crippen molar-refractivity contribution in [3.05, 3.63) is 11.8 Å². The Labute approximate surface area is 79.0 Å². The Balaban J connectivity index is 2.62. The van der Waals surface area contributed by atoms with E-state index in [2.05, 4.69) is 0 Å². The standard InChI is InChI=1S/C10H18O3/c1-4-8(11)7(3)10-6(2)5-9(12)13-10/h4,6-7,9-12H,5H2,1-3H3. The number of allylic oxidation sites excluding steroid dienone is 1. The summed E-state index contributed by atoms with van der Waals surface area (Å²) in [6, 6.07) is 0. The smallest absolute Gasteiger partial charge is 0.155 e. The normalized spacial score (nSPS) is 37.8. The van der Waals surface area contributed by atoms with Gasteiger partial charge in [-0.15, -0.1) is 0 Å². The molecule has 0 spiro atoms. The van der Waals surface area contributed by atoms with Crippen LogP contribution in [0.15, 0.2) is 11.8 Å². The Hall–Kier alpha value is -0.540. The van der Waals surface area contributed by atoms with Crippen molar-refractivity contribution in [2.75, 3.05) is 0 Å². The van der Waals surface area contributed by atoms with Crippen LogP contribution >= 0.6 is 0 Å². The van der Waals surface area contributed by atoms with Gasteiger partial charge in [-0.05, 0) is 18.9 Å². The molecule has 13 heavy (non-hydrogen) atoms.